The molecule has 0 fully saturated rings. The fraction of sp³-hybridized carbons (Fsp3) is 0. The number of imidazole rings is 1. The Kier molecular flexibility index (Phi) is 3.53. The second kappa shape index (κ2) is 5.89. The lowest BCUT2D eigenvalue weighted by Crippen LogP contribution is -2.28. The van der Waals surface area contributed by atoms with E-state index in [-0.39, 0.29) is 27.0 Å². The maximum absolute atomic E-state index is 14.5. The molecule has 2 heterocycles. The third kappa shape index (κ3) is 2.31. The van der Waals surface area contributed by atoms with Gasteiger partial charge in [0.1, 0.15) is 5.82 Å². The van der Waals surface area contributed by atoms with E-state index in [2.05, 4.69) is 0 Å². The van der Waals surface area contributed by atoms with Gasteiger partial charge in [0.15, 0.2) is 0 Å². The normalized spacial score (nSPS) is 11.7. The molecule has 3 aromatic carbocycles. The number of carboxylic acids is 1. The Labute approximate surface area is 166 Å². The van der Waals surface area contributed by atoms with E-state index in [4.69, 9.17) is 16.7 Å². The maximum Gasteiger partial charge on any atom is 0.340 e. The monoisotopic (exact) mass is 408 g/mol. The fourth-order valence-electron chi connectivity index (χ4n) is 3.76. The maximum atomic E-state index is 14.5. The molecule has 8 heteroatoms. The van der Waals surface area contributed by atoms with Crippen molar-refractivity contribution in [2.45, 2.75) is 0 Å². The van der Waals surface area contributed by atoms with Gasteiger partial charge in [0.05, 0.1) is 32.7 Å². The van der Waals surface area contributed by atoms with Crippen LogP contribution in [0.2, 0.25) is 5.02 Å². The zero-order valence-corrected chi connectivity index (χ0v) is 15.3. The molecule has 0 atom stereocenters. The van der Waals surface area contributed by atoms with Crippen molar-refractivity contribution in [3.05, 3.63) is 91.8 Å². The first-order chi connectivity index (χ1) is 13.9. The molecular formula is C21H10ClFN2O4. The second-order valence-corrected chi connectivity index (χ2v) is 7.00. The van der Waals surface area contributed by atoms with Crippen LogP contribution in [0.5, 0.6) is 0 Å². The second-order valence-electron chi connectivity index (χ2n) is 6.59. The van der Waals surface area contributed by atoms with Gasteiger partial charge in [0.25, 0.3) is 5.56 Å². The fourth-order valence-corrected chi connectivity index (χ4v) is 4.02. The summed E-state index contributed by atoms with van der Waals surface area (Å²) in [5.74, 6) is -1.70. The first-order valence-electron chi connectivity index (χ1n) is 8.53. The van der Waals surface area contributed by atoms with Crippen molar-refractivity contribution < 1.29 is 14.3 Å². The summed E-state index contributed by atoms with van der Waals surface area (Å²) in [6.07, 6.45) is 0. The first kappa shape index (κ1) is 17.4. The quantitative estimate of drug-likeness (QED) is 0.452. The molecule has 0 aliphatic heterocycles. The Hall–Kier alpha value is -3.71. The SMILES string of the molecule is O=C(O)c1ccc(-n2c(=O)n3c(=O)c4c(Cl)cccc4c4cc(F)cc2c43)cc1. The molecule has 0 unspecified atom stereocenters. The predicted molar refractivity (Wildman–Crippen MR) is 107 cm³/mol. The molecule has 0 saturated carbocycles. The van der Waals surface area contributed by atoms with Crippen LogP contribution in [0.1, 0.15) is 10.4 Å². The van der Waals surface area contributed by atoms with Crippen molar-refractivity contribution in [2.24, 2.45) is 0 Å². The van der Waals surface area contributed by atoms with E-state index in [9.17, 15) is 18.8 Å². The zero-order valence-electron chi connectivity index (χ0n) is 14.5. The highest BCUT2D eigenvalue weighted by molar-refractivity contribution is 6.36. The predicted octanol–water partition coefficient (Wildman–Crippen LogP) is 3.69. The zero-order chi connectivity index (χ0) is 20.4. The lowest BCUT2D eigenvalue weighted by atomic mass is 10.1. The molecule has 142 valence electrons. The average molecular weight is 409 g/mol. The summed E-state index contributed by atoms with van der Waals surface area (Å²) in [6, 6.07) is 12.8. The summed E-state index contributed by atoms with van der Waals surface area (Å²) in [5.41, 5.74) is -0.459. The number of fused-ring (bicyclic) bond motifs is 2. The van der Waals surface area contributed by atoms with Gasteiger partial charge in [-0.1, -0.05) is 23.7 Å². The third-order valence-electron chi connectivity index (χ3n) is 4.99. The van der Waals surface area contributed by atoms with E-state index in [1.807, 2.05) is 0 Å². The molecule has 29 heavy (non-hydrogen) atoms. The number of benzene rings is 3. The molecule has 0 aliphatic carbocycles. The number of rotatable bonds is 2. The van der Waals surface area contributed by atoms with E-state index in [1.165, 1.54) is 47.0 Å². The molecule has 0 amide bonds. The molecule has 0 saturated heterocycles. The standard InChI is InChI=1S/C21H10ClFN2O4/c22-15-3-1-2-13-14-8-11(23)9-16-18(14)25(19(26)17(13)15)21(29)24(16)12-6-4-10(5-7-12)20(27)28/h1-9H,(H,27,28). The first-order valence-corrected chi connectivity index (χ1v) is 8.90. The molecule has 5 aromatic rings. The number of hydrogen-bond acceptors (Lipinski definition) is 3. The topological polar surface area (TPSA) is 80.8 Å². The van der Waals surface area contributed by atoms with Crippen LogP contribution in [0.25, 0.3) is 32.9 Å². The van der Waals surface area contributed by atoms with Crippen molar-refractivity contribution in [1.29, 1.82) is 0 Å². The summed E-state index contributed by atoms with van der Waals surface area (Å²) in [5, 5.41) is 10.2. The van der Waals surface area contributed by atoms with Gasteiger partial charge < -0.3 is 5.11 Å². The number of carbonyl (C=O) groups is 1. The van der Waals surface area contributed by atoms with Crippen LogP contribution in [0.3, 0.4) is 0 Å². The number of pyridine rings is 1. The third-order valence-corrected chi connectivity index (χ3v) is 5.31. The van der Waals surface area contributed by atoms with Gasteiger partial charge in [-0.15, -0.1) is 0 Å². The Morgan fingerprint density at radius 1 is 1.00 bits per heavy atom. The van der Waals surface area contributed by atoms with Crippen molar-refractivity contribution in [3.63, 3.8) is 0 Å². The molecule has 6 nitrogen and oxygen atoms in total. The molecule has 5 rings (SSSR count). The van der Waals surface area contributed by atoms with E-state index >= 15 is 0 Å². The number of hydrogen-bond donors (Lipinski definition) is 1. The van der Waals surface area contributed by atoms with Gasteiger partial charge in [0.2, 0.25) is 0 Å². The van der Waals surface area contributed by atoms with Crippen LogP contribution >= 0.6 is 11.6 Å². The van der Waals surface area contributed by atoms with Crippen LogP contribution in [-0.4, -0.2) is 20.0 Å². The number of halogens is 2. The summed E-state index contributed by atoms with van der Waals surface area (Å²) < 4.78 is 16.6. The van der Waals surface area contributed by atoms with E-state index in [0.717, 1.165) is 4.40 Å². The number of nitrogens with zero attached hydrogens (tertiary/aromatic N) is 2. The van der Waals surface area contributed by atoms with Gasteiger partial charge >= 0.3 is 11.7 Å². The van der Waals surface area contributed by atoms with Crippen molar-refractivity contribution >= 4 is 44.8 Å². The molecule has 1 N–H and O–H groups in total. The Balaban J connectivity index is 2.02. The molecule has 0 aliphatic rings. The molecule has 0 bridgehead atoms. The highest BCUT2D eigenvalue weighted by atomic mass is 35.5. The molecule has 0 radical (unpaired) electrons. The van der Waals surface area contributed by atoms with E-state index in [0.29, 0.717) is 16.5 Å². The van der Waals surface area contributed by atoms with Crippen molar-refractivity contribution in [1.82, 2.24) is 8.97 Å². The minimum Gasteiger partial charge on any atom is -0.478 e. The number of aromatic nitrogens is 2. The van der Waals surface area contributed by atoms with Gasteiger partial charge in [-0.2, -0.15) is 0 Å². The Morgan fingerprint density at radius 2 is 1.72 bits per heavy atom. The molecule has 0 spiro atoms. The van der Waals surface area contributed by atoms with Crippen LogP contribution in [0, 0.1) is 5.82 Å². The van der Waals surface area contributed by atoms with Gasteiger partial charge in [0, 0.05) is 11.5 Å². The van der Waals surface area contributed by atoms with Gasteiger partial charge in [-0.25, -0.2) is 18.4 Å². The molecular weight excluding hydrogens is 399 g/mol. The van der Waals surface area contributed by atoms with E-state index < -0.39 is 23.0 Å². The lowest BCUT2D eigenvalue weighted by Gasteiger charge is -2.07. The van der Waals surface area contributed by atoms with Crippen molar-refractivity contribution in [2.75, 3.05) is 0 Å². The number of carboxylic acid groups (broad SMARTS) is 1. The van der Waals surface area contributed by atoms with Gasteiger partial charge in [-0.05, 0) is 41.8 Å². The van der Waals surface area contributed by atoms with Crippen LogP contribution in [0.4, 0.5) is 4.39 Å². The van der Waals surface area contributed by atoms with Crippen LogP contribution in [0.15, 0.2) is 64.2 Å². The number of aromatic carboxylic acids is 1. The summed E-state index contributed by atoms with van der Waals surface area (Å²) in [4.78, 5) is 37.4. The summed E-state index contributed by atoms with van der Waals surface area (Å²) >= 11 is 6.21. The summed E-state index contributed by atoms with van der Waals surface area (Å²) in [7, 11) is 0. The highest BCUT2D eigenvalue weighted by Gasteiger charge is 2.22. The smallest absolute Gasteiger partial charge is 0.340 e. The largest absolute Gasteiger partial charge is 0.478 e. The summed E-state index contributed by atoms with van der Waals surface area (Å²) in [6.45, 7) is 0. The Morgan fingerprint density at radius 3 is 2.41 bits per heavy atom. The van der Waals surface area contributed by atoms with Crippen LogP contribution in [-0.2, 0) is 0 Å². The average Bonchev–Trinajstić information content (AvgIpc) is 2.98. The Bertz CT molecular complexity index is 1590. The van der Waals surface area contributed by atoms with Gasteiger partial charge in [-0.3, -0.25) is 9.36 Å². The van der Waals surface area contributed by atoms with E-state index in [1.54, 1.807) is 12.1 Å². The minimum absolute atomic E-state index is 0.0389. The molecule has 2 aromatic heterocycles. The lowest BCUT2D eigenvalue weighted by molar-refractivity contribution is 0.0697. The minimum atomic E-state index is -1.11. The highest BCUT2D eigenvalue weighted by Crippen LogP contribution is 2.31. The van der Waals surface area contributed by atoms with Crippen LogP contribution < -0.4 is 11.2 Å². The van der Waals surface area contributed by atoms with Crippen molar-refractivity contribution in [3.8, 4) is 5.69 Å².